The van der Waals surface area contributed by atoms with Crippen LogP contribution in [0.4, 0.5) is 10.1 Å². The van der Waals surface area contributed by atoms with Crippen molar-refractivity contribution in [3.63, 3.8) is 0 Å². The summed E-state index contributed by atoms with van der Waals surface area (Å²) < 4.78 is 13.3. The van der Waals surface area contributed by atoms with Crippen molar-refractivity contribution in [3.8, 4) is 0 Å². The molecule has 3 heteroatoms. The van der Waals surface area contributed by atoms with Gasteiger partial charge in [-0.3, -0.25) is 4.79 Å². The molecule has 2 N–H and O–H groups in total. The minimum atomic E-state index is -0.500. The van der Waals surface area contributed by atoms with Gasteiger partial charge in [-0.1, -0.05) is 45.0 Å². The maximum atomic E-state index is 13.3. The Morgan fingerprint density at radius 1 is 1.00 bits per heavy atom. The molecule has 0 radical (unpaired) electrons. The van der Waals surface area contributed by atoms with E-state index < -0.39 is 5.82 Å². The Morgan fingerprint density at radius 2 is 1.60 bits per heavy atom. The van der Waals surface area contributed by atoms with E-state index in [9.17, 15) is 9.18 Å². The Hall–Kier alpha value is -2.16. The van der Waals surface area contributed by atoms with Crippen molar-refractivity contribution in [2.45, 2.75) is 26.2 Å². The molecule has 0 bridgehead atoms. The maximum Gasteiger partial charge on any atom is 0.193 e. The van der Waals surface area contributed by atoms with Crippen LogP contribution in [0.3, 0.4) is 0 Å². The highest BCUT2D eigenvalue weighted by atomic mass is 19.1. The van der Waals surface area contributed by atoms with Gasteiger partial charge in [0.1, 0.15) is 5.82 Å². The van der Waals surface area contributed by atoms with Crippen LogP contribution < -0.4 is 5.73 Å². The molecule has 0 aliphatic heterocycles. The van der Waals surface area contributed by atoms with Gasteiger partial charge in [0.05, 0.1) is 0 Å². The lowest BCUT2D eigenvalue weighted by atomic mass is 9.86. The van der Waals surface area contributed by atoms with E-state index in [0.717, 1.165) is 5.56 Å². The average molecular weight is 271 g/mol. The summed E-state index contributed by atoms with van der Waals surface area (Å²) >= 11 is 0. The van der Waals surface area contributed by atoms with Crippen molar-refractivity contribution in [1.29, 1.82) is 0 Å². The van der Waals surface area contributed by atoms with E-state index in [-0.39, 0.29) is 22.4 Å². The van der Waals surface area contributed by atoms with Crippen LogP contribution in [-0.2, 0) is 5.41 Å². The first-order chi connectivity index (χ1) is 9.27. The van der Waals surface area contributed by atoms with Crippen molar-refractivity contribution in [2.75, 3.05) is 5.73 Å². The molecule has 0 amide bonds. The summed E-state index contributed by atoms with van der Waals surface area (Å²) in [4.78, 5) is 12.3. The number of hydrogen-bond acceptors (Lipinski definition) is 2. The maximum absolute atomic E-state index is 13.3. The largest absolute Gasteiger partial charge is 0.399 e. The van der Waals surface area contributed by atoms with E-state index in [1.807, 2.05) is 12.1 Å². The number of nitrogen functional groups attached to an aromatic ring is 1. The third-order valence-corrected chi connectivity index (χ3v) is 3.20. The first kappa shape index (κ1) is 14.3. The standard InChI is InChI=1S/C17H18FNO/c1-17(2,3)13-6-4-11(5-7-13)16(20)12-8-14(18)10-15(19)9-12/h4-10H,19H2,1-3H3. The Morgan fingerprint density at radius 3 is 2.10 bits per heavy atom. The molecule has 20 heavy (non-hydrogen) atoms. The zero-order chi connectivity index (χ0) is 14.9. The smallest absolute Gasteiger partial charge is 0.193 e. The number of benzene rings is 2. The van der Waals surface area contributed by atoms with Crippen LogP contribution in [-0.4, -0.2) is 5.78 Å². The van der Waals surface area contributed by atoms with Gasteiger partial charge in [0.15, 0.2) is 5.78 Å². The Kier molecular flexibility index (Phi) is 3.62. The molecule has 0 unspecified atom stereocenters. The topological polar surface area (TPSA) is 43.1 Å². The molecule has 2 aromatic rings. The molecule has 0 aliphatic carbocycles. The molecule has 0 aromatic heterocycles. The lowest BCUT2D eigenvalue weighted by Crippen LogP contribution is -2.11. The molecule has 0 spiro atoms. The van der Waals surface area contributed by atoms with E-state index >= 15 is 0 Å². The number of nitrogens with two attached hydrogens (primary N) is 1. The summed E-state index contributed by atoms with van der Waals surface area (Å²) in [6.45, 7) is 6.32. The van der Waals surface area contributed by atoms with Gasteiger partial charge in [0, 0.05) is 16.8 Å². The normalized spacial score (nSPS) is 11.4. The number of ketones is 1. The van der Waals surface area contributed by atoms with E-state index in [1.165, 1.54) is 18.2 Å². The van der Waals surface area contributed by atoms with E-state index in [1.54, 1.807) is 12.1 Å². The van der Waals surface area contributed by atoms with Gasteiger partial charge in [0.25, 0.3) is 0 Å². The molecule has 0 fully saturated rings. The number of halogens is 1. The first-order valence-electron chi connectivity index (χ1n) is 6.49. The highest BCUT2D eigenvalue weighted by Crippen LogP contribution is 2.23. The summed E-state index contributed by atoms with van der Waals surface area (Å²) in [6.07, 6.45) is 0. The zero-order valence-electron chi connectivity index (χ0n) is 11.9. The predicted molar refractivity (Wildman–Crippen MR) is 79.4 cm³/mol. The summed E-state index contributed by atoms with van der Waals surface area (Å²) in [6, 6.07) is 11.3. The van der Waals surface area contributed by atoms with Crippen molar-refractivity contribution < 1.29 is 9.18 Å². The average Bonchev–Trinajstić information content (AvgIpc) is 2.36. The fourth-order valence-corrected chi connectivity index (χ4v) is 2.03. The number of rotatable bonds is 2. The van der Waals surface area contributed by atoms with Crippen LogP contribution in [0.25, 0.3) is 0 Å². The van der Waals surface area contributed by atoms with Gasteiger partial charge in [0.2, 0.25) is 0 Å². The molecular weight excluding hydrogens is 253 g/mol. The van der Waals surface area contributed by atoms with E-state index in [0.29, 0.717) is 5.56 Å². The third-order valence-electron chi connectivity index (χ3n) is 3.20. The van der Waals surface area contributed by atoms with Crippen LogP contribution in [0.15, 0.2) is 42.5 Å². The van der Waals surface area contributed by atoms with Gasteiger partial charge in [-0.2, -0.15) is 0 Å². The van der Waals surface area contributed by atoms with Gasteiger partial charge >= 0.3 is 0 Å². The van der Waals surface area contributed by atoms with Crippen LogP contribution in [0.2, 0.25) is 0 Å². The molecule has 2 rings (SSSR count). The summed E-state index contributed by atoms with van der Waals surface area (Å²) in [5.41, 5.74) is 7.79. The molecule has 0 aliphatic rings. The highest BCUT2D eigenvalue weighted by Gasteiger charge is 2.15. The van der Waals surface area contributed by atoms with Crippen LogP contribution in [0.5, 0.6) is 0 Å². The number of anilines is 1. The fourth-order valence-electron chi connectivity index (χ4n) is 2.03. The van der Waals surface area contributed by atoms with Crippen molar-refractivity contribution in [3.05, 3.63) is 65.0 Å². The lowest BCUT2D eigenvalue weighted by molar-refractivity contribution is 0.103. The number of carbonyl (C=O) groups is 1. The Balaban J connectivity index is 2.34. The van der Waals surface area contributed by atoms with Crippen LogP contribution in [0, 0.1) is 5.82 Å². The Bertz CT molecular complexity index is 619. The zero-order valence-corrected chi connectivity index (χ0v) is 11.9. The summed E-state index contributed by atoms with van der Waals surface area (Å²) in [5.74, 6) is -0.726. The van der Waals surface area contributed by atoms with Crippen LogP contribution in [0.1, 0.15) is 42.3 Å². The monoisotopic (exact) mass is 271 g/mol. The second-order valence-corrected chi connectivity index (χ2v) is 5.93. The predicted octanol–water partition coefficient (Wildman–Crippen LogP) is 3.94. The van der Waals surface area contributed by atoms with Gasteiger partial charge in [-0.05, 0) is 29.2 Å². The fraction of sp³-hybridized carbons (Fsp3) is 0.235. The van der Waals surface area contributed by atoms with Gasteiger partial charge in [-0.15, -0.1) is 0 Å². The minimum absolute atomic E-state index is 0.0326. The number of carbonyl (C=O) groups excluding carboxylic acids is 1. The molecule has 0 heterocycles. The highest BCUT2D eigenvalue weighted by molar-refractivity contribution is 6.09. The van der Waals surface area contributed by atoms with Gasteiger partial charge in [-0.25, -0.2) is 4.39 Å². The molecular formula is C17H18FNO. The molecule has 0 saturated heterocycles. The molecule has 2 nitrogen and oxygen atoms in total. The minimum Gasteiger partial charge on any atom is -0.399 e. The lowest BCUT2D eigenvalue weighted by Gasteiger charge is -2.19. The summed E-state index contributed by atoms with van der Waals surface area (Å²) in [5, 5.41) is 0. The van der Waals surface area contributed by atoms with Crippen LogP contribution >= 0.6 is 0 Å². The second kappa shape index (κ2) is 5.08. The summed E-state index contributed by atoms with van der Waals surface area (Å²) in [7, 11) is 0. The number of hydrogen-bond donors (Lipinski definition) is 1. The Labute approximate surface area is 118 Å². The molecule has 104 valence electrons. The first-order valence-corrected chi connectivity index (χ1v) is 6.49. The quantitative estimate of drug-likeness (QED) is 0.664. The van der Waals surface area contributed by atoms with Crippen molar-refractivity contribution in [1.82, 2.24) is 0 Å². The van der Waals surface area contributed by atoms with Gasteiger partial charge < -0.3 is 5.73 Å². The molecule has 0 atom stereocenters. The van der Waals surface area contributed by atoms with Crippen molar-refractivity contribution in [2.24, 2.45) is 0 Å². The molecule has 0 saturated carbocycles. The van der Waals surface area contributed by atoms with Crippen molar-refractivity contribution >= 4 is 11.5 Å². The molecule has 2 aromatic carbocycles. The van der Waals surface area contributed by atoms with E-state index in [2.05, 4.69) is 20.8 Å². The second-order valence-electron chi connectivity index (χ2n) is 5.93. The third kappa shape index (κ3) is 3.05. The SMILES string of the molecule is CC(C)(C)c1ccc(C(=O)c2cc(N)cc(F)c2)cc1. The van der Waals surface area contributed by atoms with E-state index in [4.69, 9.17) is 5.73 Å².